The summed E-state index contributed by atoms with van der Waals surface area (Å²) >= 11 is 3.40. The Kier molecular flexibility index (Phi) is 2.68. The molecule has 0 saturated carbocycles. The number of benzene rings is 1. The summed E-state index contributed by atoms with van der Waals surface area (Å²) in [5.74, 6) is 0. The van der Waals surface area contributed by atoms with Crippen LogP contribution >= 0.6 is 15.9 Å². The monoisotopic (exact) mass is 307 g/mol. The van der Waals surface area contributed by atoms with E-state index in [1.807, 2.05) is 18.2 Å². The quantitative estimate of drug-likeness (QED) is 0.756. The Balaban J connectivity index is 2.40. The molecule has 0 aliphatic rings. The Morgan fingerprint density at radius 2 is 2.28 bits per heavy atom. The fraction of sp³-hybridized carbons (Fsp3) is 0.167. The second-order valence-corrected chi connectivity index (χ2v) is 4.92. The van der Waals surface area contributed by atoms with Gasteiger partial charge in [0, 0.05) is 15.4 Å². The van der Waals surface area contributed by atoms with Gasteiger partial charge in [-0.1, -0.05) is 15.9 Å². The highest BCUT2D eigenvalue weighted by Gasteiger charge is 2.10. The number of aromatic amines is 1. The molecule has 1 aromatic carbocycles. The Labute approximate surface area is 110 Å². The number of H-pyrrole nitrogens is 1. The first kappa shape index (κ1) is 11.4. The van der Waals surface area contributed by atoms with E-state index in [4.69, 9.17) is 5.11 Å². The third-order valence-corrected chi connectivity index (χ3v) is 3.37. The van der Waals surface area contributed by atoms with Gasteiger partial charge < -0.3 is 10.1 Å². The first-order chi connectivity index (χ1) is 8.70. The third-order valence-electron chi connectivity index (χ3n) is 2.88. The van der Waals surface area contributed by atoms with E-state index in [0.29, 0.717) is 11.0 Å². The Hall–Kier alpha value is -1.66. The molecule has 6 heteroatoms. The summed E-state index contributed by atoms with van der Waals surface area (Å²) in [6, 6.07) is 5.73. The highest BCUT2D eigenvalue weighted by atomic mass is 79.9. The lowest BCUT2D eigenvalue weighted by Gasteiger charge is -2.01. The van der Waals surface area contributed by atoms with Crippen molar-refractivity contribution in [2.75, 3.05) is 6.61 Å². The number of hydrogen-bond acceptors (Lipinski definition) is 3. The maximum atomic E-state index is 12.1. The van der Waals surface area contributed by atoms with Gasteiger partial charge in [-0.2, -0.15) is 0 Å². The number of nitrogens with zero attached hydrogens (tertiary/aromatic N) is 2. The first-order valence-corrected chi connectivity index (χ1v) is 6.27. The molecule has 0 aliphatic heterocycles. The number of aliphatic hydroxyl groups is 1. The number of halogens is 1. The number of rotatable bonds is 2. The highest BCUT2D eigenvalue weighted by molar-refractivity contribution is 9.10. The molecule has 2 N–H and O–H groups in total. The molecule has 0 bridgehead atoms. The SMILES string of the molecule is O=c1c2[nH]c3ccc(Br)cc3c2ncn1CCO. The highest BCUT2D eigenvalue weighted by Crippen LogP contribution is 2.24. The number of fused-ring (bicyclic) bond motifs is 3. The molecule has 2 heterocycles. The van der Waals surface area contributed by atoms with Crippen molar-refractivity contribution in [3.8, 4) is 0 Å². The van der Waals surface area contributed by atoms with Gasteiger partial charge in [-0.3, -0.25) is 9.36 Å². The first-order valence-electron chi connectivity index (χ1n) is 5.48. The van der Waals surface area contributed by atoms with E-state index in [9.17, 15) is 4.79 Å². The van der Waals surface area contributed by atoms with Crippen molar-refractivity contribution in [2.45, 2.75) is 6.54 Å². The topological polar surface area (TPSA) is 70.9 Å². The van der Waals surface area contributed by atoms with Crippen molar-refractivity contribution >= 4 is 37.9 Å². The van der Waals surface area contributed by atoms with Crippen molar-refractivity contribution in [3.63, 3.8) is 0 Å². The van der Waals surface area contributed by atoms with Gasteiger partial charge in [-0.15, -0.1) is 0 Å². The zero-order valence-electron chi connectivity index (χ0n) is 9.35. The molecule has 0 radical (unpaired) electrons. The predicted molar refractivity (Wildman–Crippen MR) is 72.6 cm³/mol. The zero-order valence-corrected chi connectivity index (χ0v) is 10.9. The lowest BCUT2D eigenvalue weighted by molar-refractivity contribution is 0.274. The fourth-order valence-corrected chi connectivity index (χ4v) is 2.39. The summed E-state index contributed by atoms with van der Waals surface area (Å²) in [4.78, 5) is 19.5. The Morgan fingerprint density at radius 1 is 1.44 bits per heavy atom. The van der Waals surface area contributed by atoms with Crippen LogP contribution in [0.2, 0.25) is 0 Å². The van der Waals surface area contributed by atoms with Crippen LogP contribution in [-0.4, -0.2) is 26.2 Å². The minimum absolute atomic E-state index is 0.0845. The standard InChI is InChI=1S/C12H10BrN3O2/c13-7-1-2-9-8(5-7)10-11(15-9)12(18)16(3-4-17)6-14-10/h1-2,5-6,15,17H,3-4H2. The van der Waals surface area contributed by atoms with E-state index in [0.717, 1.165) is 15.4 Å². The summed E-state index contributed by atoms with van der Waals surface area (Å²) in [6.45, 7) is 0.166. The maximum absolute atomic E-state index is 12.1. The van der Waals surface area contributed by atoms with Crippen LogP contribution in [0.25, 0.3) is 21.9 Å². The molecule has 0 saturated heterocycles. The molecule has 0 amide bonds. The van der Waals surface area contributed by atoms with Crippen molar-refractivity contribution < 1.29 is 5.11 Å². The molecular formula is C12H10BrN3O2. The molecule has 0 fully saturated rings. The average molecular weight is 308 g/mol. The normalized spacial score (nSPS) is 11.4. The summed E-state index contributed by atoms with van der Waals surface area (Å²) in [7, 11) is 0. The number of aromatic nitrogens is 3. The van der Waals surface area contributed by atoms with Gasteiger partial charge in [0.15, 0.2) is 0 Å². The van der Waals surface area contributed by atoms with Crippen molar-refractivity contribution in [1.82, 2.24) is 14.5 Å². The zero-order chi connectivity index (χ0) is 12.7. The molecule has 0 aliphatic carbocycles. The minimum Gasteiger partial charge on any atom is -0.395 e. The van der Waals surface area contributed by atoms with Crippen LogP contribution in [0.4, 0.5) is 0 Å². The van der Waals surface area contributed by atoms with Gasteiger partial charge in [-0.25, -0.2) is 4.98 Å². The van der Waals surface area contributed by atoms with Gasteiger partial charge in [0.05, 0.1) is 19.5 Å². The van der Waals surface area contributed by atoms with E-state index in [-0.39, 0.29) is 18.7 Å². The molecule has 5 nitrogen and oxygen atoms in total. The summed E-state index contributed by atoms with van der Waals surface area (Å²) < 4.78 is 2.34. The molecule has 0 atom stereocenters. The smallest absolute Gasteiger partial charge is 0.277 e. The van der Waals surface area contributed by atoms with Gasteiger partial charge in [0.25, 0.3) is 5.56 Å². The largest absolute Gasteiger partial charge is 0.395 e. The van der Waals surface area contributed by atoms with Crippen LogP contribution < -0.4 is 5.56 Å². The molecule has 0 spiro atoms. The molecule has 2 aromatic heterocycles. The van der Waals surface area contributed by atoms with Crippen LogP contribution in [-0.2, 0) is 6.54 Å². The fourth-order valence-electron chi connectivity index (χ4n) is 2.03. The second kappa shape index (κ2) is 4.22. The second-order valence-electron chi connectivity index (χ2n) is 4.01. The van der Waals surface area contributed by atoms with Crippen LogP contribution in [0.3, 0.4) is 0 Å². The van der Waals surface area contributed by atoms with E-state index in [2.05, 4.69) is 25.9 Å². The Morgan fingerprint density at radius 3 is 3.06 bits per heavy atom. The van der Waals surface area contributed by atoms with Crippen LogP contribution in [0.1, 0.15) is 0 Å². The molecule has 3 aromatic rings. The van der Waals surface area contributed by atoms with Crippen molar-refractivity contribution in [2.24, 2.45) is 0 Å². The lowest BCUT2D eigenvalue weighted by atomic mass is 10.2. The molecule has 0 unspecified atom stereocenters. The van der Waals surface area contributed by atoms with Crippen molar-refractivity contribution in [3.05, 3.63) is 39.4 Å². The minimum atomic E-state index is -0.165. The predicted octanol–water partition coefficient (Wildman–Crippen LogP) is 1.63. The van der Waals surface area contributed by atoms with Gasteiger partial charge in [-0.05, 0) is 18.2 Å². The summed E-state index contributed by atoms with van der Waals surface area (Å²) in [6.07, 6.45) is 1.47. The van der Waals surface area contributed by atoms with Crippen LogP contribution in [0.15, 0.2) is 33.8 Å². The maximum Gasteiger partial charge on any atom is 0.277 e. The Bertz CT molecular complexity index is 791. The third kappa shape index (κ3) is 1.65. The van der Waals surface area contributed by atoms with E-state index < -0.39 is 0 Å². The van der Waals surface area contributed by atoms with E-state index >= 15 is 0 Å². The van der Waals surface area contributed by atoms with Crippen molar-refractivity contribution in [1.29, 1.82) is 0 Å². The number of nitrogens with one attached hydrogen (secondary N) is 1. The average Bonchev–Trinajstić information content (AvgIpc) is 2.72. The molecular weight excluding hydrogens is 298 g/mol. The molecule has 92 valence electrons. The van der Waals surface area contributed by atoms with E-state index in [1.165, 1.54) is 10.9 Å². The summed E-state index contributed by atoms with van der Waals surface area (Å²) in [5, 5.41) is 9.80. The van der Waals surface area contributed by atoms with Gasteiger partial charge in [0.1, 0.15) is 11.0 Å². The van der Waals surface area contributed by atoms with Crippen LogP contribution in [0.5, 0.6) is 0 Å². The lowest BCUT2D eigenvalue weighted by Crippen LogP contribution is -2.22. The van der Waals surface area contributed by atoms with Gasteiger partial charge in [0.2, 0.25) is 0 Å². The molecule has 3 rings (SSSR count). The summed E-state index contributed by atoms with van der Waals surface area (Å²) in [5.41, 5.74) is 1.84. The number of aliphatic hydroxyl groups excluding tert-OH is 1. The van der Waals surface area contributed by atoms with Crippen LogP contribution in [0, 0.1) is 0 Å². The van der Waals surface area contributed by atoms with Gasteiger partial charge >= 0.3 is 0 Å². The number of hydrogen-bond donors (Lipinski definition) is 2. The molecule has 18 heavy (non-hydrogen) atoms. The van der Waals surface area contributed by atoms with E-state index in [1.54, 1.807) is 0 Å².